The second kappa shape index (κ2) is 6.58. The Hall–Kier alpha value is -1.72. The van der Waals surface area contributed by atoms with Gasteiger partial charge in [-0.05, 0) is 31.0 Å². The van der Waals surface area contributed by atoms with Crippen LogP contribution in [0.5, 0.6) is 0 Å². The molecule has 1 N–H and O–H groups in total. The predicted molar refractivity (Wildman–Crippen MR) is 82.8 cm³/mol. The number of rotatable bonds is 5. The molecule has 0 saturated carbocycles. The van der Waals surface area contributed by atoms with E-state index in [-0.39, 0.29) is 18.0 Å². The summed E-state index contributed by atoms with van der Waals surface area (Å²) in [6.07, 6.45) is 5.02. The first-order valence-electron chi connectivity index (χ1n) is 7.72. The molecule has 1 aliphatic heterocycles. The standard InChI is InChI=1S/C17H22FN3O/c1-12(13-4-3-5-16(18)8-13)19-9-14-6-7-22-17(14)15-10-20-21(2)11-15/h3-5,8,10-12,14,17,19H,6-7,9H2,1-2H3/t12-,14+,17-/m0/s1. The summed E-state index contributed by atoms with van der Waals surface area (Å²) in [6.45, 7) is 3.68. The highest BCUT2D eigenvalue weighted by molar-refractivity contribution is 5.19. The highest BCUT2D eigenvalue weighted by Crippen LogP contribution is 2.34. The molecular weight excluding hydrogens is 281 g/mol. The second-order valence-corrected chi connectivity index (χ2v) is 5.97. The van der Waals surface area contributed by atoms with E-state index in [4.69, 9.17) is 4.74 Å². The van der Waals surface area contributed by atoms with E-state index in [1.165, 1.54) is 6.07 Å². The van der Waals surface area contributed by atoms with Gasteiger partial charge in [0.25, 0.3) is 0 Å². The Morgan fingerprint density at radius 2 is 2.36 bits per heavy atom. The minimum atomic E-state index is -0.191. The molecule has 118 valence electrons. The Morgan fingerprint density at radius 3 is 3.09 bits per heavy atom. The number of nitrogens with zero attached hydrogens (tertiary/aromatic N) is 2. The maximum absolute atomic E-state index is 13.3. The molecule has 0 aliphatic carbocycles. The van der Waals surface area contributed by atoms with Crippen molar-refractivity contribution in [3.8, 4) is 0 Å². The first-order valence-corrected chi connectivity index (χ1v) is 7.72. The van der Waals surface area contributed by atoms with Gasteiger partial charge in [-0.25, -0.2) is 4.39 Å². The van der Waals surface area contributed by atoms with Crippen molar-refractivity contribution in [3.63, 3.8) is 0 Å². The zero-order chi connectivity index (χ0) is 15.5. The van der Waals surface area contributed by atoms with E-state index < -0.39 is 0 Å². The van der Waals surface area contributed by atoms with Gasteiger partial charge in [-0.2, -0.15) is 5.10 Å². The molecule has 3 rings (SSSR count). The van der Waals surface area contributed by atoms with Crippen LogP contribution in [0.25, 0.3) is 0 Å². The summed E-state index contributed by atoms with van der Waals surface area (Å²) >= 11 is 0. The van der Waals surface area contributed by atoms with Crippen molar-refractivity contribution < 1.29 is 9.13 Å². The van der Waals surface area contributed by atoms with Gasteiger partial charge in [0.05, 0.1) is 12.3 Å². The summed E-state index contributed by atoms with van der Waals surface area (Å²) < 4.78 is 21.0. The third-order valence-electron chi connectivity index (χ3n) is 4.30. The average molecular weight is 303 g/mol. The molecule has 1 aromatic carbocycles. The van der Waals surface area contributed by atoms with E-state index in [9.17, 15) is 4.39 Å². The van der Waals surface area contributed by atoms with Gasteiger partial charge in [0.2, 0.25) is 0 Å². The molecule has 0 radical (unpaired) electrons. The van der Waals surface area contributed by atoms with Gasteiger partial charge in [-0.1, -0.05) is 12.1 Å². The monoisotopic (exact) mass is 303 g/mol. The van der Waals surface area contributed by atoms with E-state index in [2.05, 4.69) is 17.3 Å². The number of aryl methyl sites for hydroxylation is 1. The summed E-state index contributed by atoms with van der Waals surface area (Å²) in [5, 5.41) is 7.72. The zero-order valence-corrected chi connectivity index (χ0v) is 13.0. The van der Waals surface area contributed by atoms with E-state index in [0.29, 0.717) is 5.92 Å². The predicted octanol–water partition coefficient (Wildman–Crippen LogP) is 2.99. The second-order valence-electron chi connectivity index (χ2n) is 5.97. The maximum Gasteiger partial charge on any atom is 0.123 e. The lowest BCUT2D eigenvalue weighted by molar-refractivity contribution is 0.0899. The summed E-state index contributed by atoms with van der Waals surface area (Å²) in [5.74, 6) is 0.226. The Labute approximate surface area is 130 Å². The van der Waals surface area contributed by atoms with Crippen LogP contribution < -0.4 is 5.32 Å². The van der Waals surface area contributed by atoms with Crippen molar-refractivity contribution in [2.45, 2.75) is 25.5 Å². The van der Waals surface area contributed by atoms with Gasteiger partial charge in [-0.15, -0.1) is 0 Å². The van der Waals surface area contributed by atoms with Gasteiger partial charge in [0.15, 0.2) is 0 Å². The van der Waals surface area contributed by atoms with Crippen LogP contribution in [0.1, 0.15) is 36.6 Å². The van der Waals surface area contributed by atoms with Crippen molar-refractivity contribution >= 4 is 0 Å². The van der Waals surface area contributed by atoms with Gasteiger partial charge in [0.1, 0.15) is 5.82 Å². The van der Waals surface area contributed by atoms with Gasteiger partial charge in [0, 0.05) is 43.9 Å². The molecule has 1 aliphatic rings. The van der Waals surface area contributed by atoms with Crippen molar-refractivity contribution in [2.24, 2.45) is 13.0 Å². The van der Waals surface area contributed by atoms with E-state index >= 15 is 0 Å². The number of halogens is 1. The van der Waals surface area contributed by atoms with Crippen molar-refractivity contribution in [1.29, 1.82) is 0 Å². The van der Waals surface area contributed by atoms with Crippen molar-refractivity contribution in [1.82, 2.24) is 15.1 Å². The molecule has 0 bridgehead atoms. The Morgan fingerprint density at radius 1 is 1.50 bits per heavy atom. The first-order chi connectivity index (χ1) is 10.6. The normalized spacial score (nSPS) is 22.9. The largest absolute Gasteiger partial charge is 0.373 e. The zero-order valence-electron chi connectivity index (χ0n) is 13.0. The molecule has 1 fully saturated rings. The Balaban J connectivity index is 1.60. The quantitative estimate of drug-likeness (QED) is 0.923. The molecule has 4 nitrogen and oxygen atoms in total. The third kappa shape index (κ3) is 3.36. The van der Waals surface area contributed by atoms with Crippen LogP contribution in [0.4, 0.5) is 4.39 Å². The van der Waals surface area contributed by atoms with Gasteiger partial charge < -0.3 is 10.1 Å². The van der Waals surface area contributed by atoms with Crippen LogP contribution in [-0.4, -0.2) is 22.9 Å². The summed E-state index contributed by atoms with van der Waals surface area (Å²) in [4.78, 5) is 0. The maximum atomic E-state index is 13.3. The molecule has 22 heavy (non-hydrogen) atoms. The van der Waals surface area contributed by atoms with E-state index in [0.717, 1.165) is 30.7 Å². The van der Waals surface area contributed by atoms with Crippen molar-refractivity contribution in [3.05, 3.63) is 53.6 Å². The number of ether oxygens (including phenoxy) is 1. The lowest BCUT2D eigenvalue weighted by atomic mass is 9.96. The third-order valence-corrected chi connectivity index (χ3v) is 4.30. The summed E-state index contributed by atoms with van der Waals surface area (Å²) in [7, 11) is 1.91. The molecular formula is C17H22FN3O. The molecule has 0 unspecified atom stereocenters. The molecule has 3 atom stereocenters. The topological polar surface area (TPSA) is 39.1 Å². The van der Waals surface area contributed by atoms with Crippen molar-refractivity contribution in [2.75, 3.05) is 13.2 Å². The molecule has 1 aromatic heterocycles. The van der Waals surface area contributed by atoms with Crippen LogP contribution >= 0.6 is 0 Å². The lowest BCUT2D eigenvalue weighted by Crippen LogP contribution is -2.27. The Kier molecular flexibility index (Phi) is 4.55. The minimum Gasteiger partial charge on any atom is -0.373 e. The smallest absolute Gasteiger partial charge is 0.123 e. The van der Waals surface area contributed by atoms with E-state index in [1.807, 2.05) is 25.5 Å². The highest BCUT2D eigenvalue weighted by Gasteiger charge is 2.30. The fraction of sp³-hybridized carbons (Fsp3) is 0.471. The van der Waals surface area contributed by atoms with E-state index in [1.54, 1.807) is 16.8 Å². The summed E-state index contributed by atoms with van der Waals surface area (Å²) in [6, 6.07) is 6.87. The number of nitrogens with one attached hydrogen (secondary N) is 1. The SMILES string of the molecule is C[C@H](NC[C@H]1CCO[C@@H]1c1cnn(C)c1)c1cccc(F)c1. The molecule has 2 heterocycles. The minimum absolute atomic E-state index is 0.0981. The number of hydrogen-bond acceptors (Lipinski definition) is 3. The fourth-order valence-electron chi connectivity index (χ4n) is 3.02. The van der Waals surface area contributed by atoms with Crippen LogP contribution in [0.15, 0.2) is 36.7 Å². The highest BCUT2D eigenvalue weighted by atomic mass is 19.1. The number of aromatic nitrogens is 2. The Bertz CT molecular complexity index is 628. The van der Waals surface area contributed by atoms with Crippen LogP contribution in [-0.2, 0) is 11.8 Å². The molecule has 2 aromatic rings. The lowest BCUT2D eigenvalue weighted by Gasteiger charge is -2.21. The molecule has 1 saturated heterocycles. The molecule has 0 amide bonds. The number of benzene rings is 1. The van der Waals surface area contributed by atoms with Gasteiger partial charge >= 0.3 is 0 Å². The number of hydrogen-bond donors (Lipinski definition) is 1. The summed E-state index contributed by atoms with van der Waals surface area (Å²) in [5.41, 5.74) is 2.10. The first kappa shape index (κ1) is 15.2. The average Bonchev–Trinajstić information content (AvgIpc) is 3.13. The molecule has 0 spiro atoms. The van der Waals surface area contributed by atoms with Crippen LogP contribution in [0, 0.1) is 11.7 Å². The fourth-order valence-corrected chi connectivity index (χ4v) is 3.02. The molecule has 5 heteroatoms. The van der Waals surface area contributed by atoms with Gasteiger partial charge in [-0.3, -0.25) is 4.68 Å². The van der Waals surface area contributed by atoms with Crippen LogP contribution in [0.3, 0.4) is 0 Å². The van der Waals surface area contributed by atoms with Crippen LogP contribution in [0.2, 0.25) is 0 Å².